The molecule has 0 unspecified atom stereocenters. The molecule has 1 aromatic heterocycles. The summed E-state index contributed by atoms with van der Waals surface area (Å²) >= 11 is 3.06. The smallest absolute Gasteiger partial charge is 0.256 e. The molecule has 6 rings (SSSR count). The number of ether oxygens (including phenoxy) is 2. The van der Waals surface area contributed by atoms with Crippen LogP contribution in [0.25, 0.3) is 10.6 Å². The molecule has 10 heteroatoms. The number of carbonyl (C=O) groups excluding carboxylic acids is 2. The predicted octanol–water partition coefficient (Wildman–Crippen LogP) is 5.95. The fraction of sp³-hybridized carbons (Fsp3) is 0.281. The van der Waals surface area contributed by atoms with Crippen molar-refractivity contribution in [3.63, 3.8) is 0 Å². The molecule has 2 aliphatic heterocycles. The Balaban J connectivity index is 0.995. The van der Waals surface area contributed by atoms with Crippen LogP contribution in [-0.2, 0) is 11.3 Å². The highest BCUT2D eigenvalue weighted by molar-refractivity contribution is 7.99. The summed E-state index contributed by atoms with van der Waals surface area (Å²) in [6.07, 6.45) is 3.07. The van der Waals surface area contributed by atoms with Crippen LogP contribution in [0, 0.1) is 0 Å². The van der Waals surface area contributed by atoms with Gasteiger partial charge in [0, 0.05) is 51.6 Å². The van der Waals surface area contributed by atoms with Gasteiger partial charge < -0.3 is 20.1 Å². The highest BCUT2D eigenvalue weighted by atomic mass is 32.2. The average molecular weight is 601 g/mol. The summed E-state index contributed by atoms with van der Waals surface area (Å²) in [6, 6.07) is 20.9. The summed E-state index contributed by atoms with van der Waals surface area (Å²) < 4.78 is 11.5. The Hall–Kier alpha value is -3.70. The molecule has 3 aromatic carbocycles. The maximum absolute atomic E-state index is 12.9. The number of nitrogens with zero attached hydrogens (tertiary/aromatic N) is 2. The first-order valence-electron chi connectivity index (χ1n) is 14.0. The summed E-state index contributed by atoms with van der Waals surface area (Å²) in [4.78, 5) is 35.3. The summed E-state index contributed by atoms with van der Waals surface area (Å²) in [5, 5.41) is 6.80. The molecule has 2 N–H and O–H groups in total. The van der Waals surface area contributed by atoms with Crippen LogP contribution < -0.4 is 15.4 Å². The maximum Gasteiger partial charge on any atom is 0.256 e. The number of aromatic nitrogens is 1. The maximum atomic E-state index is 12.9. The van der Waals surface area contributed by atoms with Gasteiger partial charge >= 0.3 is 0 Å². The zero-order chi connectivity index (χ0) is 28.9. The van der Waals surface area contributed by atoms with Gasteiger partial charge in [-0.05, 0) is 67.9 Å². The lowest BCUT2D eigenvalue weighted by Crippen LogP contribution is -2.41. The van der Waals surface area contributed by atoms with E-state index in [2.05, 4.69) is 27.4 Å². The van der Waals surface area contributed by atoms with Crippen molar-refractivity contribution in [1.82, 2.24) is 15.2 Å². The van der Waals surface area contributed by atoms with Gasteiger partial charge in [-0.25, -0.2) is 4.98 Å². The Labute approximate surface area is 253 Å². The van der Waals surface area contributed by atoms with E-state index in [-0.39, 0.29) is 11.8 Å². The van der Waals surface area contributed by atoms with Gasteiger partial charge in [-0.2, -0.15) is 0 Å². The van der Waals surface area contributed by atoms with Crippen molar-refractivity contribution >= 4 is 40.6 Å². The number of anilines is 1. The molecular formula is C32H32N4O4S2. The van der Waals surface area contributed by atoms with Gasteiger partial charge in [0.15, 0.2) is 0 Å². The molecule has 2 amide bonds. The van der Waals surface area contributed by atoms with Gasteiger partial charge in [-0.15, -0.1) is 11.3 Å². The van der Waals surface area contributed by atoms with E-state index in [1.165, 1.54) is 11.8 Å². The van der Waals surface area contributed by atoms with Crippen LogP contribution in [0.3, 0.4) is 0 Å². The summed E-state index contributed by atoms with van der Waals surface area (Å²) in [5.74, 6) is 0.459. The third-order valence-corrected chi connectivity index (χ3v) is 9.33. The lowest BCUT2D eigenvalue weighted by molar-refractivity contribution is -0.0193. The number of morpholine rings is 1. The molecule has 1 saturated heterocycles. The van der Waals surface area contributed by atoms with Crippen LogP contribution in [0.5, 0.6) is 5.75 Å². The molecular weight excluding hydrogens is 569 g/mol. The van der Waals surface area contributed by atoms with Crippen molar-refractivity contribution in [3.05, 3.63) is 88.9 Å². The quantitative estimate of drug-likeness (QED) is 0.230. The molecule has 2 aliphatic rings. The second-order valence-corrected chi connectivity index (χ2v) is 12.5. The Morgan fingerprint density at radius 2 is 2.00 bits per heavy atom. The largest absolute Gasteiger partial charge is 0.494 e. The number of thiazole rings is 1. The Kier molecular flexibility index (Phi) is 8.85. The number of amides is 2. The van der Waals surface area contributed by atoms with E-state index in [1.54, 1.807) is 35.7 Å². The van der Waals surface area contributed by atoms with Crippen LogP contribution in [0.15, 0.2) is 82.7 Å². The third kappa shape index (κ3) is 6.84. The molecule has 0 aliphatic carbocycles. The second kappa shape index (κ2) is 13.1. The van der Waals surface area contributed by atoms with Gasteiger partial charge in [0.1, 0.15) is 10.8 Å². The number of hydrogen-bond donors (Lipinski definition) is 2. The number of benzene rings is 3. The Morgan fingerprint density at radius 3 is 2.86 bits per heavy atom. The van der Waals surface area contributed by atoms with Crippen LogP contribution in [0.1, 0.15) is 38.9 Å². The Morgan fingerprint density at radius 1 is 1.14 bits per heavy atom. The molecule has 0 bridgehead atoms. The van der Waals surface area contributed by atoms with E-state index in [1.807, 2.05) is 48.5 Å². The van der Waals surface area contributed by atoms with E-state index in [0.29, 0.717) is 36.1 Å². The second-order valence-electron chi connectivity index (χ2n) is 10.3. The summed E-state index contributed by atoms with van der Waals surface area (Å²) in [6.45, 7) is 6.95. The van der Waals surface area contributed by atoms with E-state index < -0.39 is 0 Å². The standard InChI is InChI=1S/C32H32N4O4S2/c1-21-20-36(14-16-39-21)13-4-15-40-24-10-7-22(8-11-24)32-34-19-25(41-32)18-33-30(37)23-9-12-29-27(17-23)35-31(38)26-5-2-3-6-28(26)42-29/h2-3,5-12,17,19,21H,4,13-16,18,20H2,1H3,(H,33,37)(H,35,38)/t21-/m1/s1. The fourth-order valence-electron chi connectivity index (χ4n) is 4.97. The summed E-state index contributed by atoms with van der Waals surface area (Å²) in [5.41, 5.74) is 2.75. The minimum atomic E-state index is -0.210. The molecule has 3 heterocycles. The monoisotopic (exact) mass is 600 g/mol. The number of nitrogens with one attached hydrogen (secondary N) is 2. The topological polar surface area (TPSA) is 92.8 Å². The van der Waals surface area contributed by atoms with Crippen LogP contribution in [-0.4, -0.2) is 60.7 Å². The van der Waals surface area contributed by atoms with Gasteiger partial charge in [-0.1, -0.05) is 23.9 Å². The molecule has 0 radical (unpaired) electrons. The zero-order valence-electron chi connectivity index (χ0n) is 23.3. The van der Waals surface area contributed by atoms with Gasteiger partial charge in [-0.3, -0.25) is 14.5 Å². The van der Waals surface area contributed by atoms with Crippen LogP contribution in [0.2, 0.25) is 0 Å². The minimum Gasteiger partial charge on any atom is -0.494 e. The lowest BCUT2D eigenvalue weighted by atomic mass is 10.1. The van der Waals surface area contributed by atoms with Crippen LogP contribution in [0.4, 0.5) is 5.69 Å². The normalized spacial score (nSPS) is 16.6. The highest BCUT2D eigenvalue weighted by Gasteiger charge is 2.21. The van der Waals surface area contributed by atoms with E-state index in [9.17, 15) is 9.59 Å². The number of fused-ring (bicyclic) bond motifs is 2. The molecule has 1 fully saturated rings. The van der Waals surface area contributed by atoms with Gasteiger partial charge in [0.25, 0.3) is 11.8 Å². The van der Waals surface area contributed by atoms with Gasteiger partial charge in [0.05, 0.1) is 37.1 Å². The SMILES string of the molecule is C[C@@H]1CN(CCCOc2ccc(-c3ncc(CNC(=O)c4ccc5c(c4)NC(=O)c4ccccc4S5)s3)cc2)CCO1. The van der Waals surface area contributed by atoms with E-state index in [0.717, 1.165) is 63.7 Å². The highest BCUT2D eigenvalue weighted by Crippen LogP contribution is 2.39. The number of rotatable bonds is 9. The number of hydrogen-bond acceptors (Lipinski definition) is 8. The van der Waals surface area contributed by atoms with Crippen molar-refractivity contribution in [2.45, 2.75) is 35.8 Å². The van der Waals surface area contributed by atoms with Crippen LogP contribution >= 0.6 is 23.1 Å². The van der Waals surface area contributed by atoms with Crippen molar-refractivity contribution in [2.24, 2.45) is 0 Å². The van der Waals surface area contributed by atoms with Crippen molar-refractivity contribution in [2.75, 3.05) is 38.2 Å². The van der Waals surface area contributed by atoms with E-state index >= 15 is 0 Å². The molecule has 8 nitrogen and oxygen atoms in total. The Bertz CT molecular complexity index is 1570. The fourth-order valence-corrected chi connectivity index (χ4v) is 6.83. The summed E-state index contributed by atoms with van der Waals surface area (Å²) in [7, 11) is 0. The van der Waals surface area contributed by atoms with Gasteiger partial charge in [0.2, 0.25) is 0 Å². The number of carbonyl (C=O) groups is 2. The molecule has 216 valence electrons. The van der Waals surface area contributed by atoms with Crippen molar-refractivity contribution in [1.29, 1.82) is 0 Å². The van der Waals surface area contributed by atoms with Crippen molar-refractivity contribution < 1.29 is 19.1 Å². The first kappa shape index (κ1) is 28.4. The molecule has 1 atom stereocenters. The average Bonchev–Trinajstić information content (AvgIpc) is 3.43. The molecule has 42 heavy (non-hydrogen) atoms. The molecule has 4 aromatic rings. The van der Waals surface area contributed by atoms with E-state index in [4.69, 9.17) is 9.47 Å². The lowest BCUT2D eigenvalue weighted by Gasteiger charge is -2.30. The molecule has 0 saturated carbocycles. The van der Waals surface area contributed by atoms with Crippen molar-refractivity contribution in [3.8, 4) is 16.3 Å². The predicted molar refractivity (Wildman–Crippen MR) is 166 cm³/mol. The zero-order valence-corrected chi connectivity index (χ0v) is 24.9. The molecule has 0 spiro atoms. The third-order valence-electron chi connectivity index (χ3n) is 7.13. The first-order chi connectivity index (χ1) is 20.5. The minimum absolute atomic E-state index is 0.176. The first-order valence-corrected chi connectivity index (χ1v) is 15.7.